The fourth-order valence-electron chi connectivity index (χ4n) is 4.54. The number of carboxylic acid groups (broad SMARTS) is 1. The molecule has 0 bridgehead atoms. The Morgan fingerprint density at radius 3 is 2.12 bits per heavy atom. The van der Waals surface area contributed by atoms with Crippen LogP contribution in [0, 0.1) is 17.3 Å². The molecule has 0 saturated carbocycles. The number of primary amides is 1. The van der Waals surface area contributed by atoms with Crippen LogP contribution in [0.3, 0.4) is 0 Å². The third-order valence-corrected chi connectivity index (χ3v) is 7.58. The Bertz CT molecular complexity index is 849. The number of amides is 2. The van der Waals surface area contributed by atoms with E-state index in [2.05, 4.69) is 60.1 Å². The molecule has 1 aliphatic rings. The van der Waals surface area contributed by atoms with E-state index in [4.69, 9.17) is 10.8 Å². The number of carboxylic acids is 1. The van der Waals surface area contributed by atoms with Gasteiger partial charge in [0, 0.05) is 61.9 Å². The third kappa shape index (κ3) is 14.0. The first-order valence-corrected chi connectivity index (χ1v) is 13.3. The van der Waals surface area contributed by atoms with Crippen LogP contribution in [0.2, 0.25) is 0 Å². The number of aromatic nitrogens is 2. The van der Waals surface area contributed by atoms with Gasteiger partial charge in [0.25, 0.3) is 0 Å². The summed E-state index contributed by atoms with van der Waals surface area (Å²) >= 11 is 0. The van der Waals surface area contributed by atoms with Crippen molar-refractivity contribution in [2.75, 3.05) is 52.4 Å². The number of imidazole rings is 1. The van der Waals surface area contributed by atoms with Gasteiger partial charge >= 0.3 is 5.97 Å². The number of aliphatic hydroxyl groups excluding tert-OH is 1. The second-order valence-electron chi connectivity index (χ2n) is 10.8. The van der Waals surface area contributed by atoms with Crippen molar-refractivity contribution in [2.24, 2.45) is 23.0 Å². The number of nitrogens with one attached hydrogen (secondary N) is 2. The van der Waals surface area contributed by atoms with E-state index in [1.165, 1.54) is 13.3 Å². The van der Waals surface area contributed by atoms with E-state index >= 15 is 0 Å². The Kier molecular flexibility index (Phi) is 20.0. The van der Waals surface area contributed by atoms with Crippen LogP contribution in [-0.2, 0) is 37.9 Å². The van der Waals surface area contributed by atoms with Crippen molar-refractivity contribution in [2.45, 2.75) is 60.1 Å². The van der Waals surface area contributed by atoms with Crippen LogP contribution >= 0.6 is 0 Å². The zero-order valence-electron chi connectivity index (χ0n) is 24.7. The number of carbonyl (C=O) groups excluding carboxylic acids is 2. The fraction of sp³-hybridized carbons (Fsp3) is 0.769. The van der Waals surface area contributed by atoms with Gasteiger partial charge in [-0.1, -0.05) is 34.6 Å². The van der Waals surface area contributed by atoms with E-state index in [1.807, 2.05) is 4.90 Å². The Morgan fingerprint density at radius 1 is 1.12 bits per heavy atom. The molecule has 2 atom stereocenters. The topological polar surface area (TPSA) is 210 Å². The summed E-state index contributed by atoms with van der Waals surface area (Å²) in [5.74, 6) is -0.868. The van der Waals surface area contributed by atoms with Gasteiger partial charge in [0.1, 0.15) is 6.04 Å². The Balaban J connectivity index is 0. The Hall–Kier alpha value is -2.06. The molecule has 1 aliphatic heterocycles. The summed E-state index contributed by atoms with van der Waals surface area (Å²) in [6.07, 6.45) is 3.00. The molecule has 1 radical (unpaired) electrons. The Labute approximate surface area is 248 Å². The first kappa shape index (κ1) is 40.1. The number of aromatic amines is 1. The molecule has 13 nitrogen and oxygen atoms in total. The summed E-state index contributed by atoms with van der Waals surface area (Å²) in [5, 5.41) is 26.9. The van der Waals surface area contributed by atoms with Crippen LogP contribution in [0.4, 0.5) is 0 Å². The molecule has 40 heavy (non-hydrogen) atoms. The molecule has 2 amide bonds. The van der Waals surface area contributed by atoms with Crippen molar-refractivity contribution in [3.05, 3.63) is 23.5 Å². The van der Waals surface area contributed by atoms with E-state index in [9.17, 15) is 19.5 Å². The number of nitrogens with two attached hydrogens (primary N) is 1. The van der Waals surface area contributed by atoms with Gasteiger partial charge in [-0.15, -0.1) is 13.1 Å². The molecule has 2 unspecified atom stereocenters. The van der Waals surface area contributed by atoms with Gasteiger partial charge in [0.15, 0.2) is 0 Å². The van der Waals surface area contributed by atoms with Crippen molar-refractivity contribution < 1.29 is 47.1 Å². The van der Waals surface area contributed by atoms with E-state index < -0.39 is 24.0 Å². The summed E-state index contributed by atoms with van der Waals surface area (Å²) in [6.45, 7) is 17.3. The summed E-state index contributed by atoms with van der Waals surface area (Å²) in [4.78, 5) is 43.4. The Morgan fingerprint density at radius 2 is 1.68 bits per heavy atom. The molecule has 14 heteroatoms. The third-order valence-electron chi connectivity index (χ3n) is 7.58. The normalized spacial score (nSPS) is 16.6. The molecule has 2 heterocycles. The predicted molar refractivity (Wildman–Crippen MR) is 150 cm³/mol. The zero-order chi connectivity index (χ0) is 28.9. The van der Waals surface area contributed by atoms with Gasteiger partial charge in [-0.3, -0.25) is 19.3 Å². The standard InChI is InChI=1S/C18H36N3O3.C8H12N4O2.Mn.H2O/c1-14(2)18(5,15(3)4)16(22)12-20-8-6-19-7-9-21(11-10-20)13-17(23)24;1-5(13)12-7(8(9)14)2-6-3-10-4-11-6;;/h14-16,22H,6-13H2,1-5H3,(H,23,24);3-4,7H,2H2,1H3,(H2,9,14)(H,10,11)(H,12,13);;1H2/q-1;;;. The van der Waals surface area contributed by atoms with Gasteiger partial charge in [-0.05, 0) is 30.3 Å². The predicted octanol–water partition coefficient (Wildman–Crippen LogP) is -0.143. The van der Waals surface area contributed by atoms with Crippen molar-refractivity contribution in [3.8, 4) is 0 Å². The maximum absolute atomic E-state index is 11.0. The molecule has 1 fully saturated rings. The number of aliphatic hydroxyl groups is 1. The average molecular weight is 612 g/mol. The molecule has 0 aliphatic carbocycles. The second kappa shape index (κ2) is 19.9. The van der Waals surface area contributed by atoms with E-state index in [0.717, 1.165) is 25.3 Å². The quantitative estimate of drug-likeness (QED) is 0.212. The van der Waals surface area contributed by atoms with Crippen LogP contribution in [0.15, 0.2) is 12.5 Å². The van der Waals surface area contributed by atoms with Crippen LogP contribution in [-0.4, -0.2) is 118 Å². The van der Waals surface area contributed by atoms with Crippen molar-refractivity contribution in [3.63, 3.8) is 0 Å². The molecular weight excluding hydrogens is 561 g/mol. The first-order valence-electron chi connectivity index (χ1n) is 13.3. The largest absolute Gasteiger partial charge is 0.660 e. The zero-order valence-corrected chi connectivity index (χ0v) is 25.9. The van der Waals surface area contributed by atoms with Crippen molar-refractivity contribution >= 4 is 17.8 Å². The van der Waals surface area contributed by atoms with Crippen LogP contribution < -0.4 is 11.1 Å². The van der Waals surface area contributed by atoms with Crippen LogP contribution in [0.1, 0.15) is 47.2 Å². The van der Waals surface area contributed by atoms with E-state index in [0.29, 0.717) is 44.4 Å². The first-order chi connectivity index (χ1) is 17.8. The molecule has 0 spiro atoms. The van der Waals surface area contributed by atoms with Gasteiger partial charge in [-0.2, -0.15) is 0 Å². The summed E-state index contributed by atoms with van der Waals surface area (Å²) < 4.78 is 0. The molecule has 1 saturated heterocycles. The number of β-amino-alcohol motifs (C(OH)–C–C–N with tert-alkyl or cyclic N) is 1. The maximum Gasteiger partial charge on any atom is 0.317 e. The van der Waals surface area contributed by atoms with Gasteiger partial charge in [0.2, 0.25) is 11.8 Å². The molecule has 233 valence electrons. The van der Waals surface area contributed by atoms with Crippen molar-refractivity contribution in [1.29, 1.82) is 0 Å². The van der Waals surface area contributed by atoms with E-state index in [1.54, 1.807) is 6.20 Å². The van der Waals surface area contributed by atoms with Crippen molar-refractivity contribution in [1.82, 2.24) is 25.1 Å². The van der Waals surface area contributed by atoms with Gasteiger partial charge in [0.05, 0.1) is 19.0 Å². The molecular formula is C26H50MnN7O6-. The van der Waals surface area contributed by atoms with Gasteiger partial charge < -0.3 is 41.9 Å². The smallest absolute Gasteiger partial charge is 0.317 e. The van der Waals surface area contributed by atoms with Gasteiger partial charge in [-0.25, -0.2) is 4.98 Å². The molecule has 8 N–H and O–H groups in total. The van der Waals surface area contributed by atoms with Crippen LogP contribution in [0.5, 0.6) is 0 Å². The monoisotopic (exact) mass is 611 g/mol. The summed E-state index contributed by atoms with van der Waals surface area (Å²) in [6, 6.07) is -0.687. The molecule has 0 aromatic carbocycles. The molecule has 1 aromatic heterocycles. The SMILES string of the molecule is CC(=O)NC(Cc1cnc[nH]1)C(N)=O.CC(C)C(C)(C(C)C)C(O)CN1CC[N-]CCN(CC(=O)O)CC1.O.[Mn]. The minimum absolute atomic E-state index is 0. The fourth-order valence-corrected chi connectivity index (χ4v) is 4.54. The number of rotatable bonds is 11. The summed E-state index contributed by atoms with van der Waals surface area (Å²) in [5.41, 5.74) is 5.72. The molecule has 2 rings (SSSR count). The number of carbonyl (C=O) groups is 3. The number of H-pyrrole nitrogens is 1. The maximum atomic E-state index is 11.0. The minimum Gasteiger partial charge on any atom is -0.660 e. The second-order valence-corrected chi connectivity index (χ2v) is 10.8. The number of hydrogen-bond donors (Lipinski definition) is 5. The summed E-state index contributed by atoms with van der Waals surface area (Å²) in [7, 11) is 0. The van der Waals surface area contributed by atoms with E-state index in [-0.39, 0.29) is 40.4 Å². The van der Waals surface area contributed by atoms with Crippen LogP contribution in [0.25, 0.3) is 5.32 Å². The number of nitrogens with zero attached hydrogens (tertiary/aromatic N) is 4. The number of hydrogen-bond acceptors (Lipinski definition) is 7. The number of aliphatic carboxylic acids is 1. The minimum atomic E-state index is -0.798. The molecule has 1 aromatic rings. The average Bonchev–Trinajstić information content (AvgIpc) is 3.35.